The van der Waals surface area contributed by atoms with Gasteiger partial charge >= 0.3 is 5.97 Å². The van der Waals surface area contributed by atoms with Gasteiger partial charge in [-0.2, -0.15) is 0 Å². The summed E-state index contributed by atoms with van der Waals surface area (Å²) in [5.74, 6) is -0.358. The Hall–Kier alpha value is -2.62. The monoisotopic (exact) mass is 367 g/mol. The van der Waals surface area contributed by atoms with Crippen molar-refractivity contribution in [3.8, 4) is 0 Å². The van der Waals surface area contributed by atoms with Crippen molar-refractivity contribution in [2.24, 2.45) is 4.99 Å². The van der Waals surface area contributed by atoms with Gasteiger partial charge < -0.3 is 4.74 Å². The van der Waals surface area contributed by atoms with Crippen LogP contribution >= 0.6 is 23.2 Å². The van der Waals surface area contributed by atoms with Crippen molar-refractivity contribution in [2.75, 3.05) is 0 Å². The first-order chi connectivity index (χ1) is 12.1. The lowest BCUT2D eigenvalue weighted by atomic mass is 10.0. The topological polar surface area (TPSA) is 38.7 Å². The third-order valence-corrected chi connectivity index (χ3v) is 4.74. The molecule has 3 nitrogen and oxygen atoms in total. The second kappa shape index (κ2) is 6.36. The van der Waals surface area contributed by atoms with Gasteiger partial charge in [0.25, 0.3) is 0 Å². The zero-order valence-corrected chi connectivity index (χ0v) is 14.4. The van der Waals surface area contributed by atoms with Crippen molar-refractivity contribution in [2.45, 2.75) is 0 Å². The summed E-state index contributed by atoms with van der Waals surface area (Å²) in [7, 11) is 0. The Bertz CT molecular complexity index is 1060. The van der Waals surface area contributed by atoms with Gasteiger partial charge in [0.05, 0.1) is 15.6 Å². The predicted molar refractivity (Wildman–Crippen MR) is 101 cm³/mol. The molecule has 1 aliphatic rings. The van der Waals surface area contributed by atoms with Gasteiger partial charge in [0.15, 0.2) is 5.70 Å². The zero-order chi connectivity index (χ0) is 17.4. The lowest BCUT2D eigenvalue weighted by Gasteiger charge is -2.03. The van der Waals surface area contributed by atoms with Crippen molar-refractivity contribution < 1.29 is 9.53 Å². The minimum atomic E-state index is -0.515. The van der Waals surface area contributed by atoms with Crippen LogP contribution < -0.4 is 0 Å². The first kappa shape index (κ1) is 15.9. The normalized spacial score (nSPS) is 15.5. The predicted octanol–water partition coefficient (Wildman–Crippen LogP) is 5.49. The van der Waals surface area contributed by atoms with Crippen LogP contribution in [0.1, 0.15) is 11.1 Å². The standard InChI is InChI=1S/C20H11Cl2NO2/c21-16-10-4-9-15(18(16)22)19-23-17(20(24)25-19)11-13-7-3-6-12-5-1-2-8-14(12)13/h1-11H/b17-11-. The second-order valence-corrected chi connectivity index (χ2v) is 6.29. The molecule has 0 radical (unpaired) electrons. The van der Waals surface area contributed by atoms with Crippen LogP contribution in [0.3, 0.4) is 0 Å². The molecular weight excluding hydrogens is 357 g/mol. The van der Waals surface area contributed by atoms with Gasteiger partial charge in [-0.25, -0.2) is 9.79 Å². The average molecular weight is 368 g/mol. The molecule has 1 aliphatic heterocycles. The van der Waals surface area contributed by atoms with Gasteiger partial charge in [-0.3, -0.25) is 0 Å². The van der Waals surface area contributed by atoms with Gasteiger partial charge in [0.2, 0.25) is 5.90 Å². The molecule has 0 bridgehead atoms. The number of ether oxygens (including phenoxy) is 1. The summed E-state index contributed by atoms with van der Waals surface area (Å²) in [6.07, 6.45) is 1.72. The van der Waals surface area contributed by atoms with E-state index in [2.05, 4.69) is 4.99 Å². The Kier molecular flexibility index (Phi) is 4.04. The van der Waals surface area contributed by atoms with Crippen LogP contribution in [0.2, 0.25) is 10.0 Å². The summed E-state index contributed by atoms with van der Waals surface area (Å²) < 4.78 is 5.28. The lowest BCUT2D eigenvalue weighted by molar-refractivity contribution is -0.129. The maximum Gasteiger partial charge on any atom is 0.363 e. The number of halogens is 2. The molecule has 25 heavy (non-hydrogen) atoms. The Morgan fingerprint density at radius 2 is 1.68 bits per heavy atom. The van der Waals surface area contributed by atoms with Crippen LogP contribution in [0, 0.1) is 0 Å². The Morgan fingerprint density at radius 1 is 0.920 bits per heavy atom. The Labute approximate surface area is 154 Å². The van der Waals surface area contributed by atoms with Crippen molar-refractivity contribution in [3.05, 3.63) is 87.5 Å². The number of aliphatic imine (C=N–C) groups is 1. The van der Waals surface area contributed by atoms with Crippen molar-refractivity contribution >= 4 is 51.9 Å². The van der Waals surface area contributed by atoms with Crippen LogP contribution in [0.15, 0.2) is 71.4 Å². The molecule has 0 spiro atoms. The molecule has 1 heterocycles. The van der Waals surface area contributed by atoms with E-state index in [4.69, 9.17) is 27.9 Å². The van der Waals surface area contributed by atoms with Crippen LogP contribution in [-0.4, -0.2) is 11.9 Å². The highest BCUT2D eigenvalue weighted by Crippen LogP contribution is 2.30. The van der Waals surface area contributed by atoms with E-state index in [-0.39, 0.29) is 11.6 Å². The molecule has 0 aliphatic carbocycles. The third kappa shape index (κ3) is 2.93. The summed E-state index contributed by atoms with van der Waals surface area (Å²) in [5, 5.41) is 2.81. The third-order valence-electron chi connectivity index (χ3n) is 3.92. The maximum absolute atomic E-state index is 12.2. The minimum Gasteiger partial charge on any atom is -0.402 e. The highest BCUT2D eigenvalue weighted by molar-refractivity contribution is 6.44. The first-order valence-electron chi connectivity index (χ1n) is 7.58. The molecule has 0 N–H and O–H groups in total. The van der Waals surface area contributed by atoms with Gasteiger partial charge in [0, 0.05) is 0 Å². The van der Waals surface area contributed by atoms with E-state index in [0.717, 1.165) is 16.3 Å². The van der Waals surface area contributed by atoms with Crippen LogP contribution in [-0.2, 0) is 9.53 Å². The number of fused-ring (bicyclic) bond motifs is 1. The highest BCUT2D eigenvalue weighted by Gasteiger charge is 2.26. The summed E-state index contributed by atoms with van der Waals surface area (Å²) in [6.45, 7) is 0. The minimum absolute atomic E-state index is 0.156. The fourth-order valence-corrected chi connectivity index (χ4v) is 3.10. The molecule has 4 rings (SSSR count). The van der Waals surface area contributed by atoms with Crippen molar-refractivity contribution in [1.82, 2.24) is 0 Å². The van der Waals surface area contributed by atoms with Crippen molar-refractivity contribution in [1.29, 1.82) is 0 Å². The number of rotatable bonds is 2. The van der Waals surface area contributed by atoms with E-state index >= 15 is 0 Å². The summed E-state index contributed by atoms with van der Waals surface area (Å²) in [5.41, 5.74) is 1.61. The van der Waals surface area contributed by atoms with Gasteiger partial charge in [-0.05, 0) is 34.5 Å². The maximum atomic E-state index is 12.2. The van der Waals surface area contributed by atoms with E-state index in [1.807, 2.05) is 42.5 Å². The number of esters is 1. The number of hydrogen-bond acceptors (Lipinski definition) is 3. The largest absolute Gasteiger partial charge is 0.402 e. The van der Waals surface area contributed by atoms with E-state index < -0.39 is 5.97 Å². The van der Waals surface area contributed by atoms with E-state index in [1.165, 1.54) is 0 Å². The fourth-order valence-electron chi connectivity index (χ4n) is 2.72. The van der Waals surface area contributed by atoms with E-state index in [9.17, 15) is 4.79 Å². The molecule has 3 aromatic carbocycles. The summed E-state index contributed by atoms with van der Waals surface area (Å²) in [6, 6.07) is 18.9. The molecule has 0 atom stereocenters. The molecule has 3 aromatic rings. The Balaban J connectivity index is 1.80. The number of nitrogens with zero attached hydrogens (tertiary/aromatic N) is 1. The fraction of sp³-hybridized carbons (Fsp3) is 0. The molecule has 0 fully saturated rings. The molecule has 5 heteroatoms. The molecule has 0 aromatic heterocycles. The first-order valence-corrected chi connectivity index (χ1v) is 8.34. The number of hydrogen-bond donors (Lipinski definition) is 0. The Morgan fingerprint density at radius 3 is 2.56 bits per heavy atom. The van der Waals surface area contributed by atoms with Gasteiger partial charge in [0.1, 0.15) is 0 Å². The number of benzene rings is 3. The van der Waals surface area contributed by atoms with Crippen LogP contribution in [0.4, 0.5) is 0 Å². The molecule has 0 unspecified atom stereocenters. The van der Waals surface area contributed by atoms with Gasteiger partial charge in [-0.15, -0.1) is 0 Å². The quantitative estimate of drug-likeness (QED) is 0.443. The van der Waals surface area contributed by atoms with E-state index in [1.54, 1.807) is 24.3 Å². The SMILES string of the molecule is O=C1OC(c2cccc(Cl)c2Cl)=N/C1=C\c1cccc2ccccc12. The number of carbonyl (C=O) groups is 1. The van der Waals surface area contributed by atoms with Gasteiger partial charge in [-0.1, -0.05) is 71.7 Å². The van der Waals surface area contributed by atoms with Crippen molar-refractivity contribution in [3.63, 3.8) is 0 Å². The number of cyclic esters (lactones) is 1. The summed E-state index contributed by atoms with van der Waals surface area (Å²) >= 11 is 12.2. The highest BCUT2D eigenvalue weighted by atomic mass is 35.5. The second-order valence-electron chi connectivity index (χ2n) is 5.51. The molecule has 0 saturated carbocycles. The smallest absolute Gasteiger partial charge is 0.363 e. The molecule has 122 valence electrons. The molecule has 0 amide bonds. The van der Waals surface area contributed by atoms with E-state index in [0.29, 0.717) is 15.6 Å². The summed E-state index contributed by atoms with van der Waals surface area (Å²) in [4.78, 5) is 16.5. The van der Waals surface area contributed by atoms with Crippen LogP contribution in [0.5, 0.6) is 0 Å². The molecule has 0 saturated heterocycles. The van der Waals surface area contributed by atoms with Crippen LogP contribution in [0.25, 0.3) is 16.8 Å². The molecular formula is C20H11Cl2NO2. The number of carbonyl (C=O) groups excluding carboxylic acids is 1. The lowest BCUT2D eigenvalue weighted by Crippen LogP contribution is -2.06. The average Bonchev–Trinajstić information content (AvgIpc) is 2.98. The zero-order valence-electron chi connectivity index (χ0n) is 12.9.